The quantitative estimate of drug-likeness (QED) is 0.712. The molecule has 5 nitrogen and oxygen atoms in total. The second-order valence-electron chi connectivity index (χ2n) is 6.65. The summed E-state index contributed by atoms with van der Waals surface area (Å²) in [5.74, 6) is 0.212. The van der Waals surface area contributed by atoms with Crippen LogP contribution in [-0.4, -0.2) is 86.1 Å². The van der Waals surface area contributed by atoms with Gasteiger partial charge in [-0.25, -0.2) is 0 Å². The Morgan fingerprint density at radius 1 is 1.19 bits per heavy atom. The second-order valence-corrected chi connectivity index (χ2v) is 6.65. The molecule has 1 saturated heterocycles. The molecule has 0 aromatic carbocycles. The Hall–Kier alpha value is -0.650. The molecule has 21 heavy (non-hydrogen) atoms. The van der Waals surface area contributed by atoms with Crippen molar-refractivity contribution in [3.63, 3.8) is 0 Å². The van der Waals surface area contributed by atoms with Gasteiger partial charge in [0.05, 0.1) is 6.54 Å². The summed E-state index contributed by atoms with van der Waals surface area (Å²) in [7, 11) is 3.66. The lowest BCUT2D eigenvalue weighted by molar-refractivity contribution is -0.130. The van der Waals surface area contributed by atoms with E-state index in [9.17, 15) is 4.79 Å². The van der Waals surface area contributed by atoms with Crippen molar-refractivity contribution in [3.8, 4) is 0 Å². The average molecular weight is 296 g/mol. The molecule has 2 rings (SSSR count). The summed E-state index contributed by atoms with van der Waals surface area (Å²) in [6.07, 6.45) is 5.12. The van der Waals surface area contributed by atoms with Crippen molar-refractivity contribution >= 4 is 5.91 Å². The molecule has 1 aliphatic heterocycles. The number of hydrogen-bond acceptors (Lipinski definition) is 4. The summed E-state index contributed by atoms with van der Waals surface area (Å²) in [6, 6.07) is 1.50. The molecule has 122 valence electrons. The van der Waals surface area contributed by atoms with E-state index >= 15 is 0 Å². The van der Waals surface area contributed by atoms with Crippen LogP contribution in [0.1, 0.15) is 32.6 Å². The van der Waals surface area contributed by atoms with E-state index in [2.05, 4.69) is 22.0 Å². The van der Waals surface area contributed by atoms with E-state index in [-0.39, 0.29) is 5.91 Å². The number of nitrogens with one attached hydrogen (secondary N) is 1. The monoisotopic (exact) mass is 296 g/mol. The molecule has 0 aromatic rings. The maximum absolute atomic E-state index is 11.7. The van der Waals surface area contributed by atoms with E-state index in [1.165, 1.54) is 25.9 Å². The van der Waals surface area contributed by atoms with Crippen molar-refractivity contribution in [2.75, 3.05) is 53.4 Å². The molecular formula is C16H32N4O. The molecule has 1 aliphatic carbocycles. The molecule has 1 heterocycles. The molecule has 0 radical (unpaired) electrons. The van der Waals surface area contributed by atoms with Crippen molar-refractivity contribution in [2.24, 2.45) is 0 Å². The van der Waals surface area contributed by atoms with Crippen LogP contribution in [0.15, 0.2) is 0 Å². The standard InChI is InChI=1S/C16H32N4O/c1-4-20(15-5-6-15)12-9-17-14-7-10-19(11-8-14)13-16(21)18(2)3/h14-15,17H,4-13H2,1-3H3. The maximum atomic E-state index is 11.7. The molecule has 0 atom stereocenters. The average Bonchev–Trinajstić information content (AvgIpc) is 3.30. The molecular weight excluding hydrogens is 264 g/mol. The van der Waals surface area contributed by atoms with Gasteiger partial charge in [0.15, 0.2) is 0 Å². The summed E-state index contributed by atoms with van der Waals surface area (Å²) < 4.78 is 0. The van der Waals surface area contributed by atoms with Gasteiger partial charge in [0.1, 0.15) is 0 Å². The lowest BCUT2D eigenvalue weighted by atomic mass is 10.1. The highest BCUT2D eigenvalue weighted by atomic mass is 16.2. The first-order chi connectivity index (χ1) is 10.1. The fourth-order valence-corrected chi connectivity index (χ4v) is 3.08. The van der Waals surface area contributed by atoms with Crippen molar-refractivity contribution in [1.82, 2.24) is 20.0 Å². The number of piperidine rings is 1. The van der Waals surface area contributed by atoms with Gasteiger partial charge in [-0.3, -0.25) is 14.6 Å². The van der Waals surface area contributed by atoms with Gasteiger partial charge in [-0.1, -0.05) is 6.92 Å². The van der Waals surface area contributed by atoms with Gasteiger partial charge >= 0.3 is 0 Å². The largest absolute Gasteiger partial charge is 0.348 e. The van der Waals surface area contributed by atoms with Crippen LogP contribution in [-0.2, 0) is 4.79 Å². The normalized spacial score (nSPS) is 21.0. The number of likely N-dealkylation sites (N-methyl/N-ethyl adjacent to an activating group) is 2. The zero-order chi connectivity index (χ0) is 15.2. The number of hydrogen-bond donors (Lipinski definition) is 1. The Morgan fingerprint density at radius 2 is 1.86 bits per heavy atom. The minimum Gasteiger partial charge on any atom is -0.348 e. The van der Waals surface area contributed by atoms with Crippen LogP contribution in [0.4, 0.5) is 0 Å². The third kappa shape index (κ3) is 5.57. The number of carbonyl (C=O) groups is 1. The molecule has 0 bridgehead atoms. The molecule has 0 aromatic heterocycles. The zero-order valence-corrected chi connectivity index (χ0v) is 14.0. The van der Waals surface area contributed by atoms with E-state index in [0.717, 1.165) is 38.5 Å². The van der Waals surface area contributed by atoms with Crippen LogP contribution in [0.25, 0.3) is 0 Å². The SMILES string of the molecule is CCN(CCNC1CCN(CC(=O)N(C)C)CC1)C1CC1. The second kappa shape index (κ2) is 8.11. The topological polar surface area (TPSA) is 38.8 Å². The summed E-state index contributed by atoms with van der Waals surface area (Å²) in [5, 5.41) is 3.70. The molecule has 2 aliphatic rings. The molecule has 1 N–H and O–H groups in total. The van der Waals surface area contributed by atoms with Crippen LogP contribution < -0.4 is 5.32 Å². The molecule has 0 unspecified atom stereocenters. The minimum absolute atomic E-state index is 0.212. The van der Waals surface area contributed by atoms with Crippen molar-refractivity contribution in [2.45, 2.75) is 44.7 Å². The number of likely N-dealkylation sites (tertiary alicyclic amines) is 1. The summed E-state index contributed by atoms with van der Waals surface area (Å²) in [5.41, 5.74) is 0. The van der Waals surface area contributed by atoms with Gasteiger partial charge in [-0.15, -0.1) is 0 Å². The smallest absolute Gasteiger partial charge is 0.236 e. The first kappa shape index (κ1) is 16.7. The number of rotatable bonds is 8. The van der Waals surface area contributed by atoms with Crippen molar-refractivity contribution in [3.05, 3.63) is 0 Å². The summed E-state index contributed by atoms with van der Waals surface area (Å²) in [6.45, 7) is 8.38. The summed E-state index contributed by atoms with van der Waals surface area (Å²) in [4.78, 5) is 18.3. The third-order valence-corrected chi connectivity index (χ3v) is 4.75. The lowest BCUT2D eigenvalue weighted by Gasteiger charge is -2.33. The predicted molar refractivity (Wildman–Crippen MR) is 86.4 cm³/mol. The number of nitrogens with zero attached hydrogens (tertiary/aromatic N) is 3. The molecule has 0 spiro atoms. The Kier molecular flexibility index (Phi) is 6.45. The number of amides is 1. The Balaban J connectivity index is 1.57. The zero-order valence-electron chi connectivity index (χ0n) is 14.0. The van der Waals surface area contributed by atoms with Gasteiger partial charge < -0.3 is 10.2 Å². The first-order valence-corrected chi connectivity index (χ1v) is 8.50. The molecule has 2 fully saturated rings. The fraction of sp³-hybridized carbons (Fsp3) is 0.938. The first-order valence-electron chi connectivity index (χ1n) is 8.50. The van der Waals surface area contributed by atoms with E-state index in [1.807, 2.05) is 14.1 Å². The predicted octanol–water partition coefficient (Wildman–Crippen LogP) is 0.613. The fourth-order valence-electron chi connectivity index (χ4n) is 3.08. The van der Waals surface area contributed by atoms with Gasteiger partial charge in [0, 0.05) is 52.4 Å². The maximum Gasteiger partial charge on any atom is 0.236 e. The van der Waals surface area contributed by atoms with Crippen LogP contribution in [0.3, 0.4) is 0 Å². The van der Waals surface area contributed by atoms with E-state index in [0.29, 0.717) is 12.6 Å². The van der Waals surface area contributed by atoms with Gasteiger partial charge in [0.25, 0.3) is 0 Å². The van der Waals surface area contributed by atoms with Crippen LogP contribution in [0, 0.1) is 0 Å². The van der Waals surface area contributed by atoms with Gasteiger partial charge in [0.2, 0.25) is 5.91 Å². The Morgan fingerprint density at radius 3 is 2.38 bits per heavy atom. The molecule has 5 heteroatoms. The highest BCUT2D eigenvalue weighted by Gasteiger charge is 2.27. The van der Waals surface area contributed by atoms with Crippen LogP contribution in [0.5, 0.6) is 0 Å². The molecule has 1 saturated carbocycles. The van der Waals surface area contributed by atoms with Gasteiger partial charge in [-0.05, 0) is 32.2 Å². The van der Waals surface area contributed by atoms with E-state index in [1.54, 1.807) is 4.90 Å². The minimum atomic E-state index is 0.212. The van der Waals surface area contributed by atoms with E-state index in [4.69, 9.17) is 0 Å². The van der Waals surface area contributed by atoms with Gasteiger partial charge in [-0.2, -0.15) is 0 Å². The van der Waals surface area contributed by atoms with Crippen molar-refractivity contribution in [1.29, 1.82) is 0 Å². The van der Waals surface area contributed by atoms with Crippen molar-refractivity contribution < 1.29 is 4.79 Å². The lowest BCUT2D eigenvalue weighted by Crippen LogP contribution is -2.47. The summed E-state index contributed by atoms with van der Waals surface area (Å²) >= 11 is 0. The van der Waals surface area contributed by atoms with Crippen LogP contribution >= 0.6 is 0 Å². The Labute approximate surface area is 129 Å². The van der Waals surface area contributed by atoms with E-state index < -0.39 is 0 Å². The highest BCUT2D eigenvalue weighted by molar-refractivity contribution is 5.77. The third-order valence-electron chi connectivity index (χ3n) is 4.75. The highest BCUT2D eigenvalue weighted by Crippen LogP contribution is 2.25. The molecule has 1 amide bonds. The Bertz CT molecular complexity index is 322. The van der Waals surface area contributed by atoms with Crippen LogP contribution in [0.2, 0.25) is 0 Å². The number of carbonyl (C=O) groups excluding carboxylic acids is 1.